The number of aryl methyl sites for hydroxylation is 2. The molecule has 1 rings (SSSR count). The van der Waals surface area contributed by atoms with Crippen molar-refractivity contribution in [1.82, 2.24) is 0 Å². The molecule has 1 nitrogen and oxygen atoms in total. The van der Waals surface area contributed by atoms with Crippen LogP contribution in [0, 0.1) is 13.8 Å². The molecule has 0 fully saturated rings. The normalized spacial score (nSPS) is 14.7. The van der Waals surface area contributed by atoms with Crippen LogP contribution in [0.4, 0.5) is 5.69 Å². The summed E-state index contributed by atoms with van der Waals surface area (Å²) in [6.45, 7) is 19.0. The van der Waals surface area contributed by atoms with Gasteiger partial charge in [-0.25, -0.2) is 0 Å². The predicted octanol–water partition coefficient (Wildman–Crippen LogP) is 7.19. The number of nitrogens with zero attached hydrogens (tertiary/aromatic N) is 1. The molecule has 0 aliphatic rings. The first-order valence-electron chi connectivity index (χ1n) is 9.41. The van der Waals surface area contributed by atoms with E-state index in [1.807, 2.05) is 13.0 Å². The minimum Gasteiger partial charge on any atom is -0.368 e. The zero-order valence-corrected chi connectivity index (χ0v) is 17.9. The van der Waals surface area contributed by atoms with Crippen molar-refractivity contribution in [3.63, 3.8) is 0 Å². The lowest BCUT2D eigenvalue weighted by Gasteiger charge is -2.30. The van der Waals surface area contributed by atoms with E-state index in [0.29, 0.717) is 6.04 Å². The first kappa shape index (κ1) is 21.8. The molecular weight excluding hydrogens is 314 g/mol. The number of benzene rings is 1. The second kappa shape index (κ2) is 10.0. The van der Waals surface area contributed by atoms with Crippen molar-refractivity contribution in [3.05, 3.63) is 83.0 Å². The first-order chi connectivity index (χ1) is 12.3. The molecule has 140 valence electrons. The van der Waals surface area contributed by atoms with Crippen LogP contribution in [0.3, 0.4) is 0 Å². The van der Waals surface area contributed by atoms with Crippen LogP contribution >= 0.6 is 0 Å². The van der Waals surface area contributed by atoms with Gasteiger partial charge in [-0.1, -0.05) is 43.0 Å². The summed E-state index contributed by atoms with van der Waals surface area (Å²) < 4.78 is 0. The summed E-state index contributed by atoms with van der Waals surface area (Å²) in [5, 5.41) is 0. The van der Waals surface area contributed by atoms with Crippen molar-refractivity contribution in [2.75, 3.05) is 11.9 Å². The number of likely N-dealkylation sites (N-methyl/N-ethyl adjacent to an activating group) is 1. The average Bonchev–Trinajstić information content (AvgIpc) is 2.61. The van der Waals surface area contributed by atoms with Crippen LogP contribution in [-0.4, -0.2) is 13.1 Å². The average molecular weight is 350 g/mol. The molecule has 1 atom stereocenters. The number of allylic oxidation sites excluding steroid dienone is 7. The highest BCUT2D eigenvalue weighted by Crippen LogP contribution is 2.32. The third-order valence-corrected chi connectivity index (χ3v) is 5.01. The van der Waals surface area contributed by atoms with E-state index in [-0.39, 0.29) is 0 Å². The SMILES string of the molecule is C=C/C(=C(C)\C=C/C)c1cc(C)c(N(C)C(C)C(/C=C\C)=C/C)cc1C. The Labute approximate surface area is 161 Å². The molecule has 1 aromatic carbocycles. The summed E-state index contributed by atoms with van der Waals surface area (Å²) in [6.07, 6.45) is 12.7. The highest BCUT2D eigenvalue weighted by Gasteiger charge is 2.16. The summed E-state index contributed by atoms with van der Waals surface area (Å²) in [5.74, 6) is 0. The molecule has 0 bridgehead atoms. The Morgan fingerprint density at radius 1 is 1.04 bits per heavy atom. The maximum atomic E-state index is 4.03. The fraction of sp³-hybridized carbons (Fsp3) is 0.360. The topological polar surface area (TPSA) is 3.24 Å². The summed E-state index contributed by atoms with van der Waals surface area (Å²) >= 11 is 0. The van der Waals surface area contributed by atoms with Crippen LogP contribution in [0.15, 0.2) is 66.3 Å². The van der Waals surface area contributed by atoms with E-state index in [2.05, 4.69) is 103 Å². The van der Waals surface area contributed by atoms with Gasteiger partial charge in [0.05, 0.1) is 6.04 Å². The Kier molecular flexibility index (Phi) is 8.38. The number of rotatable bonds is 7. The van der Waals surface area contributed by atoms with Crippen molar-refractivity contribution in [1.29, 1.82) is 0 Å². The summed E-state index contributed by atoms with van der Waals surface area (Å²) in [4.78, 5) is 2.36. The number of hydrogen-bond acceptors (Lipinski definition) is 1. The monoisotopic (exact) mass is 349 g/mol. The molecule has 0 aromatic heterocycles. The zero-order valence-electron chi connectivity index (χ0n) is 17.9. The molecule has 0 aliphatic heterocycles. The molecule has 0 N–H and O–H groups in total. The molecule has 0 saturated carbocycles. The van der Waals surface area contributed by atoms with Gasteiger partial charge in [0.15, 0.2) is 0 Å². The highest BCUT2D eigenvalue weighted by molar-refractivity contribution is 5.81. The molecule has 0 saturated heterocycles. The second-order valence-corrected chi connectivity index (χ2v) is 6.83. The molecule has 1 unspecified atom stereocenters. The lowest BCUT2D eigenvalue weighted by atomic mass is 9.93. The third kappa shape index (κ3) is 4.88. The fourth-order valence-corrected chi connectivity index (χ4v) is 3.40. The van der Waals surface area contributed by atoms with Crippen LogP contribution in [0.1, 0.15) is 51.3 Å². The van der Waals surface area contributed by atoms with Crippen LogP contribution in [0.25, 0.3) is 5.57 Å². The number of hydrogen-bond donors (Lipinski definition) is 0. The van der Waals surface area contributed by atoms with E-state index >= 15 is 0 Å². The fourth-order valence-electron chi connectivity index (χ4n) is 3.40. The molecule has 26 heavy (non-hydrogen) atoms. The van der Waals surface area contributed by atoms with Crippen molar-refractivity contribution >= 4 is 11.3 Å². The Morgan fingerprint density at radius 2 is 1.65 bits per heavy atom. The largest absolute Gasteiger partial charge is 0.368 e. The van der Waals surface area contributed by atoms with Crippen LogP contribution in [0.5, 0.6) is 0 Å². The molecule has 0 aliphatic carbocycles. The maximum absolute atomic E-state index is 4.03. The van der Waals surface area contributed by atoms with E-state index < -0.39 is 0 Å². The minimum atomic E-state index is 0.319. The number of anilines is 1. The Morgan fingerprint density at radius 3 is 2.15 bits per heavy atom. The van der Waals surface area contributed by atoms with Crippen LogP contribution in [-0.2, 0) is 0 Å². The molecule has 0 amide bonds. The van der Waals surface area contributed by atoms with E-state index in [4.69, 9.17) is 0 Å². The Balaban J connectivity index is 3.42. The predicted molar refractivity (Wildman–Crippen MR) is 120 cm³/mol. The molecule has 0 radical (unpaired) electrons. The quantitative estimate of drug-likeness (QED) is 0.471. The Hall–Kier alpha value is -2.28. The smallest absolute Gasteiger partial charge is 0.0507 e. The summed E-state index contributed by atoms with van der Waals surface area (Å²) in [6, 6.07) is 4.92. The minimum absolute atomic E-state index is 0.319. The van der Waals surface area contributed by atoms with Gasteiger partial charge in [-0.3, -0.25) is 0 Å². The van der Waals surface area contributed by atoms with Gasteiger partial charge in [-0.2, -0.15) is 0 Å². The van der Waals surface area contributed by atoms with Crippen molar-refractivity contribution in [2.24, 2.45) is 0 Å². The van der Waals surface area contributed by atoms with Crippen LogP contribution in [0.2, 0.25) is 0 Å². The second-order valence-electron chi connectivity index (χ2n) is 6.83. The molecule has 0 spiro atoms. The highest BCUT2D eigenvalue weighted by atomic mass is 15.1. The van der Waals surface area contributed by atoms with Crippen molar-refractivity contribution < 1.29 is 0 Å². The van der Waals surface area contributed by atoms with Gasteiger partial charge in [0.25, 0.3) is 0 Å². The van der Waals surface area contributed by atoms with Gasteiger partial charge < -0.3 is 4.90 Å². The Bertz CT molecular complexity index is 757. The van der Waals surface area contributed by atoms with Crippen LogP contribution < -0.4 is 4.90 Å². The maximum Gasteiger partial charge on any atom is 0.0507 e. The van der Waals surface area contributed by atoms with E-state index in [1.165, 1.54) is 39.1 Å². The van der Waals surface area contributed by atoms with Gasteiger partial charge in [-0.15, -0.1) is 0 Å². The standard InChI is InChI=1S/C25H35N/c1-10-14-18(5)23(13-4)24-16-20(7)25(17-19(24)6)26(9)21(8)22(12-3)15-11-2/h10-17,21H,4H2,1-3,5-9H3/b14-10-,15-11-,22-12+,23-18+. The zero-order chi connectivity index (χ0) is 19.9. The van der Waals surface area contributed by atoms with E-state index in [9.17, 15) is 0 Å². The molecule has 0 heterocycles. The molecule has 1 aromatic rings. The van der Waals surface area contributed by atoms with E-state index in [0.717, 1.165) is 0 Å². The van der Waals surface area contributed by atoms with Gasteiger partial charge >= 0.3 is 0 Å². The van der Waals surface area contributed by atoms with Gasteiger partial charge in [0.1, 0.15) is 0 Å². The lowest BCUT2D eigenvalue weighted by molar-refractivity contribution is 0.790. The van der Waals surface area contributed by atoms with E-state index in [1.54, 1.807) is 0 Å². The van der Waals surface area contributed by atoms with Crippen molar-refractivity contribution in [3.8, 4) is 0 Å². The van der Waals surface area contributed by atoms with Gasteiger partial charge in [0, 0.05) is 12.7 Å². The van der Waals surface area contributed by atoms with Crippen molar-refractivity contribution in [2.45, 2.75) is 54.5 Å². The summed E-state index contributed by atoms with van der Waals surface area (Å²) in [5.41, 5.74) is 8.86. The summed E-state index contributed by atoms with van der Waals surface area (Å²) in [7, 11) is 2.18. The van der Waals surface area contributed by atoms with Gasteiger partial charge in [0.2, 0.25) is 0 Å². The van der Waals surface area contributed by atoms with Gasteiger partial charge in [-0.05, 0) is 94.0 Å². The first-order valence-corrected chi connectivity index (χ1v) is 9.41. The third-order valence-electron chi connectivity index (χ3n) is 5.01. The molecular formula is C25H35N. The lowest BCUT2D eigenvalue weighted by Crippen LogP contribution is -2.30. The molecule has 1 heteroatoms.